The molecular weight excluding hydrogens is 358 g/mol. The van der Waals surface area contributed by atoms with Crippen LogP contribution in [0.25, 0.3) is 0 Å². The normalized spacial score (nSPS) is 25.0. The zero-order valence-corrected chi connectivity index (χ0v) is 16.8. The number of ether oxygens (including phenoxy) is 1. The number of nitrogens with one attached hydrogen (secondary N) is 1. The van der Waals surface area contributed by atoms with Crippen LogP contribution in [0.4, 0.5) is 0 Å². The molecule has 2 unspecified atom stereocenters. The molecule has 3 heterocycles. The lowest BCUT2D eigenvalue weighted by molar-refractivity contribution is 0.0114. The molecule has 0 spiro atoms. The zero-order valence-electron chi connectivity index (χ0n) is 16.8. The third-order valence-corrected chi connectivity index (χ3v) is 6.41. The number of rotatable bonds is 8. The Morgan fingerprint density at radius 3 is 2.71 bits per heavy atom. The van der Waals surface area contributed by atoms with Crippen LogP contribution in [-0.2, 0) is 30.9 Å². The minimum absolute atomic E-state index is 0.0534. The zero-order chi connectivity index (χ0) is 19.6. The van der Waals surface area contributed by atoms with Crippen molar-refractivity contribution in [3.8, 4) is 0 Å². The number of hydrogen-bond acceptors (Lipinski definition) is 7. The Kier molecular flexibility index (Phi) is 5.87. The van der Waals surface area contributed by atoms with E-state index >= 15 is 0 Å². The average molecular weight is 389 g/mol. The summed E-state index contributed by atoms with van der Waals surface area (Å²) in [6, 6.07) is 6.31. The maximum Gasteiger partial charge on any atom is 0.150 e. The molecule has 0 bridgehead atoms. The van der Waals surface area contributed by atoms with E-state index in [9.17, 15) is 0 Å². The molecule has 7 heteroatoms. The highest BCUT2D eigenvalue weighted by Crippen LogP contribution is 2.47. The van der Waals surface area contributed by atoms with Gasteiger partial charge in [0.2, 0.25) is 0 Å². The highest BCUT2D eigenvalue weighted by atomic mass is 16.5. The molecule has 0 aromatic carbocycles. The summed E-state index contributed by atoms with van der Waals surface area (Å²) in [5.74, 6) is 3.01. The van der Waals surface area contributed by atoms with Crippen LogP contribution in [0, 0.1) is 11.3 Å². The summed E-state index contributed by atoms with van der Waals surface area (Å²) in [5, 5.41) is 17.0. The van der Waals surface area contributed by atoms with Crippen molar-refractivity contribution in [1.82, 2.24) is 15.4 Å². The molecule has 2 aromatic heterocycles. The number of nitrogens with zero attached hydrogens (tertiary/aromatic N) is 2. The van der Waals surface area contributed by atoms with Gasteiger partial charge in [0.25, 0.3) is 0 Å². The molecule has 0 amide bonds. The number of morpholine rings is 1. The van der Waals surface area contributed by atoms with Gasteiger partial charge in [-0.15, -0.1) is 0 Å². The van der Waals surface area contributed by atoms with E-state index < -0.39 is 0 Å². The van der Waals surface area contributed by atoms with E-state index in [4.69, 9.17) is 18.8 Å². The Morgan fingerprint density at radius 1 is 1.21 bits per heavy atom. The van der Waals surface area contributed by atoms with E-state index in [1.165, 1.54) is 0 Å². The standard InChI is InChI=1S/C21H31N3O4/c1-21(2)15(10-20(21)22-12-17-3-4-18(14-25)27-17)9-16-11-19(28-23-16)13-24-5-7-26-8-6-24/h3-4,11,15,20,22,25H,5-10,12-14H2,1-2H3. The fraction of sp³-hybridized carbons (Fsp3) is 0.667. The van der Waals surface area contributed by atoms with Crippen molar-refractivity contribution in [3.05, 3.63) is 41.2 Å². The second-order valence-corrected chi connectivity index (χ2v) is 8.59. The molecule has 1 aliphatic heterocycles. The Morgan fingerprint density at radius 2 is 2.00 bits per heavy atom. The third-order valence-electron chi connectivity index (χ3n) is 6.41. The maximum absolute atomic E-state index is 9.10. The van der Waals surface area contributed by atoms with Crippen LogP contribution >= 0.6 is 0 Å². The van der Waals surface area contributed by atoms with Crippen molar-refractivity contribution >= 4 is 0 Å². The smallest absolute Gasteiger partial charge is 0.150 e. The van der Waals surface area contributed by atoms with Gasteiger partial charge in [-0.25, -0.2) is 0 Å². The van der Waals surface area contributed by atoms with Gasteiger partial charge in [0.15, 0.2) is 5.76 Å². The monoisotopic (exact) mass is 389 g/mol. The summed E-state index contributed by atoms with van der Waals surface area (Å²) in [6.45, 7) is 9.58. The molecule has 154 valence electrons. The predicted octanol–water partition coefficient (Wildman–Crippen LogP) is 2.34. The number of aliphatic hydroxyl groups is 1. The van der Waals surface area contributed by atoms with Crippen molar-refractivity contribution in [2.75, 3.05) is 26.3 Å². The van der Waals surface area contributed by atoms with Gasteiger partial charge in [-0.1, -0.05) is 19.0 Å². The van der Waals surface area contributed by atoms with E-state index in [-0.39, 0.29) is 12.0 Å². The van der Waals surface area contributed by atoms with Crippen molar-refractivity contribution < 1.29 is 18.8 Å². The Balaban J connectivity index is 1.25. The van der Waals surface area contributed by atoms with Crippen LogP contribution in [0.2, 0.25) is 0 Å². The highest BCUT2D eigenvalue weighted by Gasteiger charge is 2.47. The number of furan rings is 1. The summed E-state index contributed by atoms with van der Waals surface area (Å²) < 4.78 is 16.5. The van der Waals surface area contributed by atoms with Crippen molar-refractivity contribution in [3.63, 3.8) is 0 Å². The number of aliphatic hydroxyl groups excluding tert-OH is 1. The molecule has 7 nitrogen and oxygen atoms in total. The molecular formula is C21H31N3O4. The van der Waals surface area contributed by atoms with Gasteiger partial charge in [-0.2, -0.15) is 0 Å². The topological polar surface area (TPSA) is 83.9 Å². The Bertz CT molecular complexity index is 763. The number of hydrogen-bond donors (Lipinski definition) is 2. The SMILES string of the molecule is CC1(C)C(Cc2cc(CN3CCOCC3)on2)CC1NCc1ccc(CO)o1. The summed E-state index contributed by atoms with van der Waals surface area (Å²) in [5.41, 5.74) is 1.24. The minimum Gasteiger partial charge on any atom is -0.462 e. The van der Waals surface area contributed by atoms with Crippen molar-refractivity contribution in [1.29, 1.82) is 0 Å². The Labute approximate surface area is 166 Å². The lowest BCUT2D eigenvalue weighted by atomic mass is 9.57. The first-order valence-electron chi connectivity index (χ1n) is 10.2. The molecule has 2 atom stereocenters. The quantitative estimate of drug-likeness (QED) is 0.717. The molecule has 28 heavy (non-hydrogen) atoms. The third kappa shape index (κ3) is 4.33. The highest BCUT2D eigenvalue weighted by molar-refractivity contribution is 5.12. The summed E-state index contributed by atoms with van der Waals surface area (Å²) >= 11 is 0. The number of aromatic nitrogens is 1. The van der Waals surface area contributed by atoms with Crippen LogP contribution in [0.5, 0.6) is 0 Å². The first-order chi connectivity index (χ1) is 13.5. The maximum atomic E-state index is 9.10. The predicted molar refractivity (Wildman–Crippen MR) is 103 cm³/mol. The van der Waals surface area contributed by atoms with Gasteiger partial charge in [0.05, 0.1) is 32.0 Å². The van der Waals surface area contributed by atoms with Gasteiger partial charge < -0.3 is 24.1 Å². The van der Waals surface area contributed by atoms with E-state index in [1.807, 2.05) is 12.1 Å². The molecule has 2 aliphatic rings. The first-order valence-corrected chi connectivity index (χ1v) is 10.2. The van der Waals surface area contributed by atoms with E-state index in [0.29, 0.717) is 24.3 Å². The van der Waals surface area contributed by atoms with Crippen LogP contribution in [0.3, 0.4) is 0 Å². The van der Waals surface area contributed by atoms with E-state index in [2.05, 4.69) is 35.3 Å². The van der Waals surface area contributed by atoms with Crippen molar-refractivity contribution in [2.24, 2.45) is 11.3 Å². The molecule has 1 aliphatic carbocycles. The van der Waals surface area contributed by atoms with Gasteiger partial charge in [0.1, 0.15) is 18.1 Å². The first kappa shape index (κ1) is 19.6. The van der Waals surface area contributed by atoms with Crippen LogP contribution < -0.4 is 5.32 Å². The van der Waals surface area contributed by atoms with Gasteiger partial charge in [-0.3, -0.25) is 4.90 Å². The Hall–Kier alpha value is -1.67. The van der Waals surface area contributed by atoms with Gasteiger partial charge in [0, 0.05) is 25.2 Å². The fourth-order valence-corrected chi connectivity index (χ4v) is 4.29. The van der Waals surface area contributed by atoms with Crippen LogP contribution in [0.15, 0.2) is 27.1 Å². The molecule has 2 aromatic rings. The molecule has 2 fully saturated rings. The second kappa shape index (κ2) is 8.37. The van der Waals surface area contributed by atoms with Crippen LogP contribution in [-0.4, -0.2) is 47.5 Å². The minimum atomic E-state index is -0.0534. The molecule has 1 saturated heterocycles. The van der Waals surface area contributed by atoms with Crippen molar-refractivity contribution in [2.45, 2.75) is 52.4 Å². The van der Waals surface area contributed by atoms with Gasteiger partial charge in [-0.05, 0) is 36.3 Å². The molecule has 1 saturated carbocycles. The molecule has 4 rings (SSSR count). The largest absolute Gasteiger partial charge is 0.462 e. The summed E-state index contributed by atoms with van der Waals surface area (Å²) in [4.78, 5) is 2.35. The summed E-state index contributed by atoms with van der Waals surface area (Å²) in [6.07, 6.45) is 2.07. The summed E-state index contributed by atoms with van der Waals surface area (Å²) in [7, 11) is 0. The lowest BCUT2D eigenvalue weighted by Crippen LogP contribution is -2.57. The molecule has 0 radical (unpaired) electrons. The van der Waals surface area contributed by atoms with Gasteiger partial charge >= 0.3 is 0 Å². The fourth-order valence-electron chi connectivity index (χ4n) is 4.29. The lowest BCUT2D eigenvalue weighted by Gasteiger charge is -2.52. The second-order valence-electron chi connectivity index (χ2n) is 8.59. The molecule has 2 N–H and O–H groups in total. The average Bonchev–Trinajstić information content (AvgIpc) is 3.34. The van der Waals surface area contributed by atoms with E-state index in [0.717, 1.165) is 62.9 Å². The van der Waals surface area contributed by atoms with E-state index in [1.54, 1.807) is 0 Å². The van der Waals surface area contributed by atoms with Crippen LogP contribution in [0.1, 0.15) is 43.2 Å².